The molecule has 2 N–H and O–H groups in total. The fraction of sp³-hybridized carbons (Fsp3) is 0.818. The van der Waals surface area contributed by atoms with Crippen LogP contribution in [0.5, 0.6) is 0 Å². The third-order valence-electron chi connectivity index (χ3n) is 2.41. The van der Waals surface area contributed by atoms with Gasteiger partial charge in [0.1, 0.15) is 0 Å². The van der Waals surface area contributed by atoms with Crippen LogP contribution in [0.25, 0.3) is 0 Å². The third kappa shape index (κ3) is 5.58. The number of carboxylic acids is 1. The van der Waals surface area contributed by atoms with E-state index in [1.54, 1.807) is 11.8 Å². The Kier molecular flexibility index (Phi) is 7.33. The van der Waals surface area contributed by atoms with Crippen LogP contribution in [-0.4, -0.2) is 41.1 Å². The lowest BCUT2D eigenvalue weighted by Crippen LogP contribution is -2.45. The number of amides is 2. The SMILES string of the molecule is CCCCNC(=O)N(CC)C(C)CC(=O)O. The second-order valence-electron chi connectivity index (χ2n) is 3.82. The summed E-state index contributed by atoms with van der Waals surface area (Å²) in [5.74, 6) is -0.882. The zero-order valence-corrected chi connectivity index (χ0v) is 10.3. The first kappa shape index (κ1) is 14.7. The Bertz CT molecular complexity index is 231. The van der Waals surface area contributed by atoms with Crippen molar-refractivity contribution >= 4 is 12.0 Å². The van der Waals surface area contributed by atoms with Gasteiger partial charge in [-0.25, -0.2) is 4.79 Å². The van der Waals surface area contributed by atoms with Crippen molar-refractivity contribution in [2.24, 2.45) is 0 Å². The highest BCUT2D eigenvalue weighted by Crippen LogP contribution is 2.04. The minimum atomic E-state index is -0.882. The van der Waals surface area contributed by atoms with Crippen molar-refractivity contribution in [2.45, 2.75) is 46.1 Å². The van der Waals surface area contributed by atoms with E-state index in [1.807, 2.05) is 6.92 Å². The first-order chi connectivity index (χ1) is 7.52. The standard InChI is InChI=1S/C11H22N2O3/c1-4-6-7-12-11(16)13(5-2)9(3)8-10(14)15/h9H,4-8H2,1-3H3,(H,12,16)(H,14,15). The molecular weight excluding hydrogens is 208 g/mol. The van der Waals surface area contributed by atoms with E-state index in [0.717, 1.165) is 12.8 Å². The normalized spacial score (nSPS) is 11.9. The maximum absolute atomic E-state index is 11.7. The highest BCUT2D eigenvalue weighted by Gasteiger charge is 2.19. The molecule has 0 aromatic carbocycles. The van der Waals surface area contributed by atoms with Crippen LogP contribution >= 0.6 is 0 Å². The molecule has 1 unspecified atom stereocenters. The lowest BCUT2D eigenvalue weighted by Gasteiger charge is -2.27. The molecule has 1 atom stereocenters. The molecule has 0 rings (SSSR count). The van der Waals surface area contributed by atoms with E-state index < -0.39 is 5.97 Å². The highest BCUT2D eigenvalue weighted by molar-refractivity contribution is 5.75. The second kappa shape index (κ2) is 7.96. The van der Waals surface area contributed by atoms with Gasteiger partial charge in [-0.15, -0.1) is 0 Å². The van der Waals surface area contributed by atoms with Crippen LogP contribution in [-0.2, 0) is 4.79 Å². The first-order valence-corrected chi connectivity index (χ1v) is 5.79. The minimum Gasteiger partial charge on any atom is -0.481 e. The van der Waals surface area contributed by atoms with Crippen LogP contribution < -0.4 is 5.32 Å². The van der Waals surface area contributed by atoms with Gasteiger partial charge < -0.3 is 15.3 Å². The van der Waals surface area contributed by atoms with Gasteiger partial charge in [0.2, 0.25) is 0 Å². The number of rotatable bonds is 7. The summed E-state index contributed by atoms with van der Waals surface area (Å²) in [5, 5.41) is 11.4. The van der Waals surface area contributed by atoms with Gasteiger partial charge in [0.25, 0.3) is 0 Å². The minimum absolute atomic E-state index is 0.0188. The summed E-state index contributed by atoms with van der Waals surface area (Å²) >= 11 is 0. The van der Waals surface area contributed by atoms with Crippen molar-refractivity contribution in [1.29, 1.82) is 0 Å². The monoisotopic (exact) mass is 230 g/mol. The lowest BCUT2D eigenvalue weighted by molar-refractivity contribution is -0.138. The van der Waals surface area contributed by atoms with E-state index in [9.17, 15) is 9.59 Å². The number of aliphatic carboxylic acids is 1. The Morgan fingerprint density at radius 2 is 2.00 bits per heavy atom. The molecule has 0 bridgehead atoms. The molecule has 16 heavy (non-hydrogen) atoms. The van der Waals surface area contributed by atoms with E-state index in [2.05, 4.69) is 12.2 Å². The summed E-state index contributed by atoms with van der Waals surface area (Å²) in [6.45, 7) is 6.81. The summed E-state index contributed by atoms with van der Waals surface area (Å²) in [6.07, 6.45) is 1.95. The number of nitrogens with one attached hydrogen (secondary N) is 1. The number of nitrogens with zero attached hydrogens (tertiary/aromatic N) is 1. The van der Waals surface area contributed by atoms with Crippen molar-refractivity contribution in [3.63, 3.8) is 0 Å². The van der Waals surface area contributed by atoms with E-state index in [-0.39, 0.29) is 18.5 Å². The number of carbonyl (C=O) groups is 2. The van der Waals surface area contributed by atoms with Gasteiger partial charge in [0, 0.05) is 19.1 Å². The predicted molar refractivity (Wildman–Crippen MR) is 62.4 cm³/mol. The maximum atomic E-state index is 11.7. The van der Waals surface area contributed by atoms with Crippen LogP contribution in [0, 0.1) is 0 Å². The molecule has 0 aliphatic rings. The molecule has 0 aliphatic heterocycles. The number of carbonyl (C=O) groups excluding carboxylic acids is 1. The Morgan fingerprint density at radius 1 is 1.38 bits per heavy atom. The van der Waals surface area contributed by atoms with E-state index >= 15 is 0 Å². The van der Waals surface area contributed by atoms with Crippen LogP contribution in [0.2, 0.25) is 0 Å². The van der Waals surface area contributed by atoms with Gasteiger partial charge in [0.15, 0.2) is 0 Å². The molecule has 0 spiro atoms. The summed E-state index contributed by atoms with van der Waals surface area (Å²) in [6, 6.07) is -0.450. The zero-order valence-electron chi connectivity index (χ0n) is 10.3. The Morgan fingerprint density at radius 3 is 2.44 bits per heavy atom. The fourth-order valence-electron chi connectivity index (χ4n) is 1.49. The van der Waals surface area contributed by atoms with Crippen LogP contribution in [0.1, 0.15) is 40.0 Å². The average molecular weight is 230 g/mol. The average Bonchev–Trinajstić information content (AvgIpc) is 2.18. The van der Waals surface area contributed by atoms with Gasteiger partial charge in [0.05, 0.1) is 6.42 Å². The Labute approximate surface area is 96.8 Å². The largest absolute Gasteiger partial charge is 0.481 e. The molecule has 5 heteroatoms. The molecule has 0 aromatic rings. The Hall–Kier alpha value is -1.26. The first-order valence-electron chi connectivity index (χ1n) is 5.79. The van der Waals surface area contributed by atoms with Crippen LogP contribution in [0.4, 0.5) is 4.79 Å². The molecule has 0 saturated heterocycles. The Balaban J connectivity index is 4.14. The molecule has 94 valence electrons. The molecule has 0 radical (unpaired) electrons. The van der Waals surface area contributed by atoms with Crippen LogP contribution in [0.15, 0.2) is 0 Å². The summed E-state index contributed by atoms with van der Waals surface area (Å²) in [7, 11) is 0. The topological polar surface area (TPSA) is 69.6 Å². The number of carboxylic acid groups (broad SMARTS) is 1. The van der Waals surface area contributed by atoms with Gasteiger partial charge in [-0.3, -0.25) is 4.79 Å². The number of hydrogen-bond donors (Lipinski definition) is 2. The summed E-state index contributed by atoms with van der Waals surface area (Å²) in [4.78, 5) is 23.8. The van der Waals surface area contributed by atoms with E-state index in [4.69, 9.17) is 5.11 Å². The summed E-state index contributed by atoms with van der Waals surface area (Å²) in [5.41, 5.74) is 0. The van der Waals surface area contributed by atoms with E-state index in [1.165, 1.54) is 0 Å². The molecule has 0 heterocycles. The molecular formula is C11H22N2O3. The molecule has 0 aliphatic carbocycles. The van der Waals surface area contributed by atoms with Crippen molar-refractivity contribution in [3.8, 4) is 0 Å². The van der Waals surface area contributed by atoms with Gasteiger partial charge in [-0.05, 0) is 20.3 Å². The zero-order chi connectivity index (χ0) is 12.6. The van der Waals surface area contributed by atoms with Crippen molar-refractivity contribution in [1.82, 2.24) is 10.2 Å². The van der Waals surface area contributed by atoms with Gasteiger partial charge in [-0.1, -0.05) is 13.3 Å². The molecule has 0 aromatic heterocycles. The fourth-order valence-corrected chi connectivity index (χ4v) is 1.49. The molecule has 0 fully saturated rings. The maximum Gasteiger partial charge on any atom is 0.317 e. The molecule has 2 amide bonds. The van der Waals surface area contributed by atoms with Crippen molar-refractivity contribution < 1.29 is 14.7 Å². The highest BCUT2D eigenvalue weighted by atomic mass is 16.4. The third-order valence-corrected chi connectivity index (χ3v) is 2.41. The molecule has 5 nitrogen and oxygen atoms in total. The van der Waals surface area contributed by atoms with Crippen molar-refractivity contribution in [2.75, 3.05) is 13.1 Å². The lowest BCUT2D eigenvalue weighted by atomic mass is 10.2. The number of urea groups is 1. The smallest absolute Gasteiger partial charge is 0.317 e. The van der Waals surface area contributed by atoms with Crippen LogP contribution in [0.3, 0.4) is 0 Å². The van der Waals surface area contributed by atoms with Gasteiger partial charge >= 0.3 is 12.0 Å². The second-order valence-corrected chi connectivity index (χ2v) is 3.82. The number of hydrogen-bond acceptors (Lipinski definition) is 2. The van der Waals surface area contributed by atoms with Crippen molar-refractivity contribution in [3.05, 3.63) is 0 Å². The number of unbranched alkanes of at least 4 members (excludes halogenated alkanes) is 1. The predicted octanol–water partition coefficient (Wildman–Crippen LogP) is 1.68. The van der Waals surface area contributed by atoms with Gasteiger partial charge in [-0.2, -0.15) is 0 Å². The molecule has 0 saturated carbocycles. The quantitative estimate of drug-likeness (QED) is 0.654. The van der Waals surface area contributed by atoms with E-state index in [0.29, 0.717) is 13.1 Å². The summed E-state index contributed by atoms with van der Waals surface area (Å²) < 4.78 is 0.